The van der Waals surface area contributed by atoms with Gasteiger partial charge < -0.3 is 60.7 Å². The maximum atomic E-state index is 14.2. The Bertz CT molecular complexity index is 4140. The number of carbonyl (C=O) groups excluding carboxylic acids is 1. The second-order valence-corrected chi connectivity index (χ2v) is 81.2. The van der Waals surface area contributed by atoms with Gasteiger partial charge in [0.2, 0.25) is 0 Å². The molecular formula is C120H214CuO14Si4Zn. The number of ketones is 1. The predicted octanol–water partition coefficient (Wildman–Crippen LogP) is 31.2. The molecule has 4 saturated heterocycles. The fourth-order valence-corrected chi connectivity index (χ4v) is 44.0. The van der Waals surface area contributed by atoms with Gasteiger partial charge in [0.05, 0.1) is 73.2 Å². The van der Waals surface area contributed by atoms with Crippen molar-refractivity contribution in [2.24, 2.45) is 149 Å². The van der Waals surface area contributed by atoms with Gasteiger partial charge in [-0.1, -0.05) is 223 Å². The molecule has 21 fully saturated rings. The van der Waals surface area contributed by atoms with E-state index in [0.29, 0.717) is 135 Å². The summed E-state index contributed by atoms with van der Waals surface area (Å²) in [6, 6.07) is 0. The molecule has 17 saturated carbocycles. The summed E-state index contributed by atoms with van der Waals surface area (Å²) in [7, 11) is -7.40. The van der Waals surface area contributed by atoms with Crippen LogP contribution in [0.4, 0.5) is 0 Å². The van der Waals surface area contributed by atoms with E-state index in [1.807, 2.05) is 0 Å². The average Bonchev–Trinajstić information content (AvgIpc) is 1.49. The molecule has 0 amide bonds. The zero-order valence-corrected chi connectivity index (χ0v) is 104. The molecule has 807 valence electrons. The van der Waals surface area contributed by atoms with Crippen molar-refractivity contribution in [2.45, 2.75) is 584 Å². The van der Waals surface area contributed by atoms with Crippen LogP contribution in [0.25, 0.3) is 0 Å². The molecule has 1 N–H and O–H groups in total. The quantitative estimate of drug-likeness (QED) is 0.181. The number of rotatable bonds is 8. The monoisotopic (exact) mass is 2120 g/mol. The molecule has 12 unspecified atom stereocenters. The Morgan fingerprint density at radius 1 is 0.321 bits per heavy atom. The maximum absolute atomic E-state index is 14.2. The summed E-state index contributed by atoms with van der Waals surface area (Å²) in [4.78, 5) is 14.2. The van der Waals surface area contributed by atoms with Crippen LogP contribution in [0, 0.1) is 149 Å². The Morgan fingerprint density at radius 2 is 0.571 bits per heavy atom. The zero-order valence-electron chi connectivity index (χ0n) is 96.6. The van der Waals surface area contributed by atoms with Crippen molar-refractivity contribution in [1.29, 1.82) is 0 Å². The van der Waals surface area contributed by atoms with Crippen molar-refractivity contribution < 1.29 is 102 Å². The molecule has 1 radical (unpaired) electrons. The third kappa shape index (κ3) is 19.1. The first-order valence-corrected chi connectivity index (χ1v) is 69.3. The van der Waals surface area contributed by atoms with E-state index in [-0.39, 0.29) is 164 Å². The normalized spacial score (nSPS) is 47.8. The molecule has 21 rings (SSSR count). The van der Waals surface area contributed by atoms with Crippen molar-refractivity contribution >= 4 is 39.1 Å². The van der Waals surface area contributed by atoms with Crippen LogP contribution in [-0.4, -0.2) is 147 Å². The van der Waals surface area contributed by atoms with Crippen LogP contribution >= 0.6 is 0 Å². The SMILES string of the molecule is C.C=C1C[C@@]2(C)C(CC[C@@H]2O[Si](C)(C)C(C)(C)C)C2[C@H]3OC(C)(C)O[C@@H]3C3CCCC[C@]3(C)[C@@H]12.CC1(C)O[C@@H]2C3C4CC[C@H](O[Si](C)(C)C(C)(C)C)[C@@]4(C)CC(=O)[C@@H]3[C@@]3(C)CCCCC3[C@H]2O1.CC1(C)O[C@@H]2C3C4CC[C@H](O[Si](C)(C)C(C)(C)C)[C@@]4(C)CC(C)(C)[C@@H]3[C@@]3(C)CCCCC3[C@H]2O1.CC1(C)O[C@@H]2C3C4CC[C@H](O[Si](C)(C)C(C)(C)C)[C@@]4(C)CC4(CC4)[C@@H]3[C@@]3(C)CCCCC3[C@H]2O1.CCO.[Cu].[Zn]. The standard InChI is InChI=1S/C30H52O3Si.C30H54O3Si.C29H50O3Si.C28H48O4Si.C2H6O.CH4.Cu.Zn/c1-26(2,3)34(8,9)33-21-14-13-19-22-24-23(31-27(4,5)32-24)20-12-10-11-15-28(20,6)25(22)30(16-17-30)18-29(19,21)7;1-26(2,3)34(10,11)33-21-16-15-19-22-24-23(31-28(6,7)32-24)20-14-12-13-17-29(20,8)25(22)27(4,5)18-30(19,21)9;1-18-17-29(8)19(14-15-21(29)32-33(9,10)26(2,3)4)22-23(18)28(7)16-12-11-13-20(28)24-25(22)31-27(5,6)30-24;1-25(2,3)33(8,9)32-20-14-13-17-21-22(19(29)16-28(17,20)7)27(6)15-11-10-12-18(27)23-24(21)31-26(4,5)30-23;1-2-3;;;/h19-25H,10-18H2,1-9H3;19-25H,12-18H2,1-11H3;19-25H,1,11-17H2,2-10H3;17-18,20-24H,10-16H2,1-9H3;3H,2H2,1H3;1H4;;/t19?,20?,21-,22?,23+,24+,25-,28-,29-;19?,20?,21-,22?,23+,24+,25+,29-,30-;19?,20?,21-,22?,23-,24+,25+,28-,29-;17?,18?,20-,21?,22-,23+,24+,27-,28-;;;;/m0000..../s1. The van der Waals surface area contributed by atoms with Gasteiger partial charge in [0.1, 0.15) is 5.78 Å². The number of aliphatic hydroxyl groups is 1. The third-order valence-corrected chi connectivity index (χ3v) is 65.4. The largest absolute Gasteiger partial charge is 0.413 e. The molecule has 0 aromatic rings. The minimum atomic E-state index is -1.92. The summed E-state index contributed by atoms with van der Waals surface area (Å²) < 4.78 is 83.1. The Hall–Kier alpha value is 0.900. The summed E-state index contributed by atoms with van der Waals surface area (Å²) in [6.45, 7) is 97.3. The molecule has 140 heavy (non-hydrogen) atoms. The number of hydrogen-bond donors (Lipinski definition) is 1. The number of hydrogen-bond acceptors (Lipinski definition) is 14. The molecule has 4 aliphatic heterocycles. The van der Waals surface area contributed by atoms with E-state index in [0.717, 1.165) is 31.6 Å². The fourth-order valence-electron chi connectivity index (χ4n) is 38.2. The van der Waals surface area contributed by atoms with E-state index in [9.17, 15) is 4.79 Å². The van der Waals surface area contributed by atoms with Gasteiger partial charge in [0.15, 0.2) is 56.4 Å². The van der Waals surface area contributed by atoms with E-state index < -0.39 is 56.4 Å². The van der Waals surface area contributed by atoms with Crippen LogP contribution in [0.1, 0.15) is 415 Å². The van der Waals surface area contributed by atoms with Gasteiger partial charge in [0.25, 0.3) is 0 Å². The first kappa shape index (κ1) is 116. The molecule has 0 bridgehead atoms. The van der Waals surface area contributed by atoms with Crippen LogP contribution in [0.15, 0.2) is 12.2 Å². The number of allylic oxidation sites excluding steroid dienone is 1. The van der Waals surface area contributed by atoms with Gasteiger partial charge in [-0.25, -0.2) is 0 Å². The number of Topliss-reactive ketones (excluding diaryl/α,β-unsaturated/α-hetero) is 1. The number of ether oxygens (including phenoxy) is 8. The third-order valence-electron chi connectivity index (χ3n) is 47.5. The molecule has 21 aliphatic rings. The minimum absolute atomic E-state index is 0. The van der Waals surface area contributed by atoms with Gasteiger partial charge in [0, 0.05) is 66.8 Å². The number of fused-ring (bicyclic) bond motifs is 33. The molecule has 36 atom stereocenters. The van der Waals surface area contributed by atoms with Gasteiger partial charge >= 0.3 is 0 Å². The Kier molecular flexibility index (Phi) is 31.7. The Morgan fingerprint density at radius 3 is 0.893 bits per heavy atom. The van der Waals surface area contributed by atoms with E-state index in [4.69, 9.17) is 67.3 Å². The van der Waals surface area contributed by atoms with Crippen molar-refractivity contribution in [2.75, 3.05) is 6.61 Å². The van der Waals surface area contributed by atoms with E-state index in [1.54, 1.807) is 6.92 Å². The van der Waals surface area contributed by atoms with Crippen LogP contribution in [0.3, 0.4) is 0 Å². The van der Waals surface area contributed by atoms with Crippen LogP contribution < -0.4 is 0 Å². The molecule has 20 heteroatoms. The molecule has 1 spiro atoms. The summed E-state index contributed by atoms with van der Waals surface area (Å²) in [5.41, 5.74) is 3.99. The van der Waals surface area contributed by atoms with E-state index >= 15 is 0 Å². The van der Waals surface area contributed by atoms with E-state index in [1.165, 1.54) is 166 Å². The number of aliphatic hydroxyl groups excluding tert-OH is 1. The predicted molar refractivity (Wildman–Crippen MR) is 573 cm³/mol. The summed E-state index contributed by atoms with van der Waals surface area (Å²) >= 11 is 0. The smallest absolute Gasteiger partial charge is 0.192 e. The molecule has 0 aromatic carbocycles. The molecule has 14 nitrogen and oxygen atoms in total. The second-order valence-electron chi connectivity index (χ2n) is 62.1. The first-order chi connectivity index (χ1) is 62.7. The van der Waals surface area contributed by atoms with Crippen LogP contribution in [0.2, 0.25) is 72.5 Å². The summed E-state index contributed by atoms with van der Waals surface area (Å²) in [6.07, 6.45) is 41.2. The molecular weight excluding hydrogens is 1910 g/mol. The molecule has 4 heterocycles. The maximum Gasteiger partial charge on any atom is 0.192 e. The van der Waals surface area contributed by atoms with Crippen LogP contribution in [0.5, 0.6) is 0 Å². The van der Waals surface area contributed by atoms with Crippen molar-refractivity contribution in [3.05, 3.63) is 12.2 Å². The Balaban J connectivity index is 0.000000146. The van der Waals surface area contributed by atoms with Crippen molar-refractivity contribution in [1.82, 2.24) is 0 Å². The van der Waals surface area contributed by atoms with Gasteiger partial charge in [-0.2, -0.15) is 0 Å². The van der Waals surface area contributed by atoms with Gasteiger partial charge in [-0.15, -0.1) is 0 Å². The molecule has 17 aliphatic carbocycles. The van der Waals surface area contributed by atoms with Crippen molar-refractivity contribution in [3.8, 4) is 0 Å². The van der Waals surface area contributed by atoms with Gasteiger partial charge in [-0.3, -0.25) is 4.79 Å². The average molecular weight is 2120 g/mol. The number of carbonyl (C=O) groups is 1. The summed E-state index contributed by atoms with van der Waals surface area (Å²) in [5.74, 6) is 7.57. The first-order valence-electron chi connectivity index (χ1n) is 57.6. The fraction of sp³-hybridized carbons (Fsp3) is 0.975. The second kappa shape index (κ2) is 38.2. The van der Waals surface area contributed by atoms with Crippen molar-refractivity contribution in [3.63, 3.8) is 0 Å². The minimum Gasteiger partial charge on any atom is -0.413 e. The molecule has 0 aromatic heterocycles. The van der Waals surface area contributed by atoms with E-state index in [2.05, 4.69) is 260 Å². The van der Waals surface area contributed by atoms with Gasteiger partial charge in [-0.05, 0) is 401 Å². The zero-order chi connectivity index (χ0) is 101. The van der Waals surface area contributed by atoms with Crippen LogP contribution in [-0.2, 0) is 96.9 Å². The summed E-state index contributed by atoms with van der Waals surface area (Å²) in [5, 5.41) is 8.50. The topological polar surface area (TPSA) is 148 Å². The Labute approximate surface area is 885 Å².